The van der Waals surface area contributed by atoms with Crippen molar-refractivity contribution in [1.29, 1.82) is 0 Å². The van der Waals surface area contributed by atoms with E-state index in [1.807, 2.05) is 0 Å². The molecule has 0 aliphatic carbocycles. The molecule has 1 atom stereocenters. The Labute approximate surface area is 161 Å². The van der Waals surface area contributed by atoms with E-state index >= 15 is 0 Å². The van der Waals surface area contributed by atoms with Crippen LogP contribution in [-0.4, -0.2) is 61.2 Å². The van der Waals surface area contributed by atoms with E-state index in [0.717, 1.165) is 26.2 Å². The Morgan fingerprint density at radius 2 is 1.74 bits per heavy atom. The summed E-state index contributed by atoms with van der Waals surface area (Å²) in [7, 11) is 0. The van der Waals surface area contributed by atoms with E-state index in [0.29, 0.717) is 17.9 Å². The van der Waals surface area contributed by atoms with E-state index in [1.165, 1.54) is 11.3 Å². The third kappa shape index (κ3) is 5.31. The van der Waals surface area contributed by atoms with Crippen LogP contribution in [-0.2, 0) is 0 Å². The number of hydrogen-bond donors (Lipinski definition) is 1. The van der Waals surface area contributed by atoms with Gasteiger partial charge < -0.3 is 14.7 Å². The van der Waals surface area contributed by atoms with Crippen molar-refractivity contribution < 1.29 is 14.6 Å². The summed E-state index contributed by atoms with van der Waals surface area (Å²) in [6.07, 6.45) is -0.539. The number of aliphatic hydroxyl groups excluding tert-OH is 1. The van der Waals surface area contributed by atoms with Gasteiger partial charge in [0.2, 0.25) is 0 Å². The zero-order chi connectivity index (χ0) is 19.2. The second-order valence-corrected chi connectivity index (χ2v) is 7.12. The number of ketones is 1. The molecule has 0 amide bonds. The van der Waals surface area contributed by atoms with Crippen molar-refractivity contribution in [3.63, 3.8) is 0 Å². The standard InChI is InChI=1S/C22H28N2O3/c1-17-5-3-4-6-22(17)24-13-11-23(12-14-24)15-20(26)16-27-21-9-7-19(8-10-21)18(2)25/h3-10,20,26H,11-16H2,1-2H3. The third-order valence-corrected chi connectivity index (χ3v) is 5.00. The smallest absolute Gasteiger partial charge is 0.159 e. The summed E-state index contributed by atoms with van der Waals surface area (Å²) < 4.78 is 5.65. The van der Waals surface area contributed by atoms with Crippen LogP contribution in [0, 0.1) is 6.92 Å². The molecule has 1 saturated heterocycles. The number of hydrogen-bond acceptors (Lipinski definition) is 5. The quantitative estimate of drug-likeness (QED) is 0.762. The molecule has 0 spiro atoms. The summed E-state index contributed by atoms with van der Waals surface area (Å²) in [6, 6.07) is 15.5. The zero-order valence-electron chi connectivity index (χ0n) is 16.1. The van der Waals surface area contributed by atoms with E-state index in [1.54, 1.807) is 31.2 Å². The van der Waals surface area contributed by atoms with Crippen LogP contribution >= 0.6 is 0 Å². The number of piperazine rings is 1. The number of para-hydroxylation sites is 1. The van der Waals surface area contributed by atoms with Crippen molar-refractivity contribution >= 4 is 11.5 Å². The van der Waals surface area contributed by atoms with Gasteiger partial charge in [0, 0.05) is 44.0 Å². The predicted octanol–water partition coefficient (Wildman–Crippen LogP) is 2.76. The fourth-order valence-corrected chi connectivity index (χ4v) is 3.42. The molecule has 2 aromatic rings. The Morgan fingerprint density at radius 3 is 2.37 bits per heavy atom. The minimum atomic E-state index is -0.539. The molecule has 1 aliphatic heterocycles. The van der Waals surface area contributed by atoms with Crippen LogP contribution in [0.5, 0.6) is 5.75 Å². The summed E-state index contributed by atoms with van der Waals surface area (Å²) in [6.45, 7) is 8.32. The van der Waals surface area contributed by atoms with Crippen LogP contribution in [0.1, 0.15) is 22.8 Å². The van der Waals surface area contributed by atoms with Crippen molar-refractivity contribution in [3.8, 4) is 5.75 Å². The predicted molar refractivity (Wildman–Crippen MR) is 108 cm³/mol. The molecular weight excluding hydrogens is 340 g/mol. The number of nitrogens with zero attached hydrogens (tertiary/aromatic N) is 2. The summed E-state index contributed by atoms with van der Waals surface area (Å²) in [5.41, 5.74) is 3.26. The van der Waals surface area contributed by atoms with Gasteiger partial charge in [-0.2, -0.15) is 0 Å². The van der Waals surface area contributed by atoms with Crippen LogP contribution in [0.2, 0.25) is 0 Å². The van der Waals surface area contributed by atoms with E-state index in [9.17, 15) is 9.90 Å². The number of benzene rings is 2. The minimum Gasteiger partial charge on any atom is -0.491 e. The first kappa shape index (κ1) is 19.4. The first-order valence-electron chi connectivity index (χ1n) is 9.48. The second-order valence-electron chi connectivity index (χ2n) is 7.12. The number of carbonyl (C=O) groups is 1. The Bertz CT molecular complexity index is 752. The van der Waals surface area contributed by atoms with Crippen LogP contribution < -0.4 is 9.64 Å². The molecule has 1 fully saturated rings. The Kier molecular flexibility index (Phi) is 6.48. The molecular formula is C22H28N2O3. The topological polar surface area (TPSA) is 53.0 Å². The Balaban J connectivity index is 1.42. The molecule has 0 bridgehead atoms. The van der Waals surface area contributed by atoms with Gasteiger partial charge in [-0.15, -0.1) is 0 Å². The number of β-amino-alcohol motifs (C(OH)–C–C–N with tert-alkyl or cyclic N) is 1. The summed E-state index contributed by atoms with van der Waals surface area (Å²) in [4.78, 5) is 16.0. The van der Waals surface area contributed by atoms with Gasteiger partial charge in [-0.3, -0.25) is 9.69 Å². The lowest BCUT2D eigenvalue weighted by Crippen LogP contribution is -2.49. The van der Waals surface area contributed by atoms with Gasteiger partial charge in [0.1, 0.15) is 18.5 Å². The van der Waals surface area contributed by atoms with Gasteiger partial charge in [0.25, 0.3) is 0 Å². The SMILES string of the molecule is CC(=O)c1ccc(OCC(O)CN2CCN(c3ccccc3C)CC2)cc1. The maximum atomic E-state index is 11.3. The molecule has 2 aromatic carbocycles. The molecule has 0 aromatic heterocycles. The van der Waals surface area contributed by atoms with Crippen LogP contribution in [0.25, 0.3) is 0 Å². The molecule has 3 rings (SSSR count). The molecule has 1 heterocycles. The molecule has 0 saturated carbocycles. The molecule has 27 heavy (non-hydrogen) atoms. The second kappa shape index (κ2) is 9.02. The lowest BCUT2D eigenvalue weighted by Gasteiger charge is -2.37. The largest absolute Gasteiger partial charge is 0.491 e. The number of carbonyl (C=O) groups excluding carboxylic acids is 1. The first-order valence-corrected chi connectivity index (χ1v) is 9.48. The van der Waals surface area contributed by atoms with Crippen molar-refractivity contribution in [1.82, 2.24) is 4.90 Å². The summed E-state index contributed by atoms with van der Waals surface area (Å²) >= 11 is 0. The number of Topliss-reactive ketones (excluding diaryl/α,β-unsaturated/α-hetero) is 1. The highest BCUT2D eigenvalue weighted by Crippen LogP contribution is 2.21. The van der Waals surface area contributed by atoms with Crippen LogP contribution in [0.4, 0.5) is 5.69 Å². The highest BCUT2D eigenvalue weighted by atomic mass is 16.5. The lowest BCUT2D eigenvalue weighted by atomic mass is 10.1. The van der Waals surface area contributed by atoms with Gasteiger partial charge in [-0.1, -0.05) is 18.2 Å². The molecule has 144 valence electrons. The van der Waals surface area contributed by atoms with Crippen molar-refractivity contribution in [2.45, 2.75) is 20.0 Å². The lowest BCUT2D eigenvalue weighted by molar-refractivity contribution is 0.0663. The molecule has 0 radical (unpaired) electrons. The third-order valence-electron chi connectivity index (χ3n) is 5.00. The maximum absolute atomic E-state index is 11.3. The average Bonchev–Trinajstić information content (AvgIpc) is 2.68. The van der Waals surface area contributed by atoms with Gasteiger partial charge in [-0.05, 0) is 49.7 Å². The van der Waals surface area contributed by atoms with Crippen molar-refractivity contribution in [3.05, 3.63) is 59.7 Å². The monoisotopic (exact) mass is 368 g/mol. The van der Waals surface area contributed by atoms with Crippen molar-refractivity contribution in [2.24, 2.45) is 0 Å². The maximum Gasteiger partial charge on any atom is 0.159 e. The van der Waals surface area contributed by atoms with Gasteiger partial charge in [-0.25, -0.2) is 0 Å². The molecule has 5 nitrogen and oxygen atoms in total. The molecule has 1 unspecified atom stereocenters. The zero-order valence-corrected chi connectivity index (χ0v) is 16.1. The van der Waals surface area contributed by atoms with Gasteiger partial charge in [0.05, 0.1) is 0 Å². The van der Waals surface area contributed by atoms with Crippen molar-refractivity contribution in [2.75, 3.05) is 44.2 Å². The summed E-state index contributed by atoms with van der Waals surface area (Å²) in [5.74, 6) is 0.704. The number of aryl methyl sites for hydroxylation is 1. The fraction of sp³-hybridized carbons (Fsp3) is 0.409. The normalized spacial score (nSPS) is 16.2. The van der Waals surface area contributed by atoms with E-state index < -0.39 is 6.10 Å². The Morgan fingerprint density at radius 1 is 1.07 bits per heavy atom. The molecule has 1 aliphatic rings. The number of aliphatic hydroxyl groups is 1. The number of rotatable bonds is 7. The first-order chi connectivity index (χ1) is 13.0. The Hall–Kier alpha value is -2.37. The van der Waals surface area contributed by atoms with E-state index in [2.05, 4.69) is 41.0 Å². The highest BCUT2D eigenvalue weighted by Gasteiger charge is 2.20. The highest BCUT2D eigenvalue weighted by molar-refractivity contribution is 5.94. The van der Waals surface area contributed by atoms with Crippen LogP contribution in [0.15, 0.2) is 48.5 Å². The van der Waals surface area contributed by atoms with E-state index in [4.69, 9.17) is 4.74 Å². The fourth-order valence-electron chi connectivity index (χ4n) is 3.42. The minimum absolute atomic E-state index is 0.0337. The average molecular weight is 368 g/mol. The molecule has 5 heteroatoms. The number of anilines is 1. The summed E-state index contributed by atoms with van der Waals surface area (Å²) in [5, 5.41) is 10.3. The number of ether oxygens (including phenoxy) is 1. The van der Waals surface area contributed by atoms with Crippen LogP contribution in [0.3, 0.4) is 0 Å². The van der Waals surface area contributed by atoms with Gasteiger partial charge >= 0.3 is 0 Å². The van der Waals surface area contributed by atoms with Gasteiger partial charge in [0.15, 0.2) is 5.78 Å². The van der Waals surface area contributed by atoms with E-state index in [-0.39, 0.29) is 12.4 Å². The molecule has 1 N–H and O–H groups in total.